The maximum Gasteiger partial charge on any atom is 0.187 e. The maximum absolute atomic E-state index is 9.97. The zero-order valence-electron chi connectivity index (χ0n) is 13.1. The van der Waals surface area contributed by atoms with Crippen molar-refractivity contribution in [1.82, 2.24) is 0 Å². The molecule has 0 amide bonds. The van der Waals surface area contributed by atoms with Gasteiger partial charge in [-0.05, 0) is 35.7 Å². The zero-order chi connectivity index (χ0) is 16.1. The van der Waals surface area contributed by atoms with Crippen molar-refractivity contribution >= 4 is 0 Å². The average Bonchev–Trinajstić information content (AvgIpc) is 2.52. The van der Waals surface area contributed by atoms with E-state index >= 15 is 0 Å². The van der Waals surface area contributed by atoms with Crippen molar-refractivity contribution in [2.75, 3.05) is 13.2 Å². The molecule has 0 aromatic carbocycles. The molecule has 4 N–H and O–H groups in total. The third kappa shape index (κ3) is 2.52. The number of rotatable bonds is 4. The van der Waals surface area contributed by atoms with Gasteiger partial charge >= 0.3 is 0 Å². The summed E-state index contributed by atoms with van der Waals surface area (Å²) in [5.41, 5.74) is 1.51. The van der Waals surface area contributed by atoms with Crippen molar-refractivity contribution in [2.24, 2.45) is 17.3 Å². The summed E-state index contributed by atoms with van der Waals surface area (Å²) in [6.07, 6.45) is -1.60. The number of aliphatic hydroxyl groups is 4. The van der Waals surface area contributed by atoms with Gasteiger partial charge in [-0.2, -0.15) is 0 Å². The van der Waals surface area contributed by atoms with E-state index in [0.717, 1.165) is 12.3 Å². The van der Waals surface area contributed by atoms with Crippen LogP contribution in [0.1, 0.15) is 26.7 Å². The molecule has 3 aliphatic carbocycles. The molecule has 1 heterocycles. The van der Waals surface area contributed by atoms with Crippen LogP contribution in [0.25, 0.3) is 0 Å². The number of allylic oxidation sites excluding steroid dienone is 1. The first-order valence-electron chi connectivity index (χ1n) is 7.97. The maximum atomic E-state index is 9.97. The van der Waals surface area contributed by atoms with E-state index in [1.807, 2.05) is 0 Å². The van der Waals surface area contributed by atoms with Gasteiger partial charge in [-0.25, -0.2) is 0 Å². The van der Waals surface area contributed by atoms with Crippen molar-refractivity contribution in [3.63, 3.8) is 0 Å². The van der Waals surface area contributed by atoms with Crippen LogP contribution in [0.3, 0.4) is 0 Å². The van der Waals surface area contributed by atoms with E-state index < -0.39 is 37.3 Å². The molecule has 0 aromatic heterocycles. The van der Waals surface area contributed by atoms with E-state index in [0.29, 0.717) is 17.9 Å². The van der Waals surface area contributed by atoms with E-state index in [1.54, 1.807) is 0 Å². The summed E-state index contributed by atoms with van der Waals surface area (Å²) in [5.74, 6) is 1.24. The van der Waals surface area contributed by atoms with Crippen LogP contribution in [0.2, 0.25) is 0 Å². The van der Waals surface area contributed by atoms with E-state index in [-0.39, 0.29) is 0 Å². The smallest absolute Gasteiger partial charge is 0.187 e. The van der Waals surface area contributed by atoms with Gasteiger partial charge in [0.15, 0.2) is 6.29 Å². The summed E-state index contributed by atoms with van der Waals surface area (Å²) in [6.45, 7) is 4.44. The fraction of sp³-hybridized carbons (Fsp3) is 0.875. The molecule has 4 rings (SSSR count). The molecule has 6 heteroatoms. The van der Waals surface area contributed by atoms with Crippen LogP contribution in [0.4, 0.5) is 0 Å². The molecule has 126 valence electrons. The number of hydrogen-bond donors (Lipinski definition) is 4. The third-order valence-electron chi connectivity index (χ3n) is 5.85. The Morgan fingerprint density at radius 3 is 2.55 bits per heavy atom. The van der Waals surface area contributed by atoms with Crippen LogP contribution >= 0.6 is 0 Å². The molecule has 0 unspecified atom stereocenters. The van der Waals surface area contributed by atoms with E-state index in [2.05, 4.69) is 19.9 Å². The van der Waals surface area contributed by atoms with Crippen molar-refractivity contribution < 1.29 is 29.9 Å². The molecule has 2 bridgehead atoms. The molecule has 0 spiro atoms. The lowest BCUT2D eigenvalue weighted by molar-refractivity contribution is -0.299. The van der Waals surface area contributed by atoms with E-state index in [1.165, 1.54) is 12.0 Å². The summed E-state index contributed by atoms with van der Waals surface area (Å²) in [4.78, 5) is 0. The van der Waals surface area contributed by atoms with Gasteiger partial charge in [0.25, 0.3) is 0 Å². The third-order valence-corrected chi connectivity index (χ3v) is 5.85. The van der Waals surface area contributed by atoms with Crippen molar-refractivity contribution in [3.05, 3.63) is 11.6 Å². The first-order valence-corrected chi connectivity index (χ1v) is 7.97. The van der Waals surface area contributed by atoms with Crippen molar-refractivity contribution in [2.45, 2.75) is 57.4 Å². The minimum absolute atomic E-state index is 0.294. The lowest BCUT2D eigenvalue weighted by Crippen LogP contribution is -2.59. The van der Waals surface area contributed by atoms with Gasteiger partial charge in [-0.3, -0.25) is 0 Å². The lowest BCUT2D eigenvalue weighted by Gasteiger charge is -2.56. The fourth-order valence-electron chi connectivity index (χ4n) is 4.02. The Hall–Kier alpha value is -0.500. The number of ether oxygens (including phenoxy) is 2. The highest BCUT2D eigenvalue weighted by atomic mass is 16.7. The van der Waals surface area contributed by atoms with E-state index in [4.69, 9.17) is 9.47 Å². The Morgan fingerprint density at radius 2 is 1.95 bits per heavy atom. The number of hydrogen-bond acceptors (Lipinski definition) is 6. The predicted molar refractivity (Wildman–Crippen MR) is 77.8 cm³/mol. The Labute approximate surface area is 130 Å². The van der Waals surface area contributed by atoms with Crippen molar-refractivity contribution in [1.29, 1.82) is 0 Å². The van der Waals surface area contributed by atoms with E-state index in [9.17, 15) is 20.4 Å². The Morgan fingerprint density at radius 1 is 1.23 bits per heavy atom. The second-order valence-electron chi connectivity index (χ2n) is 7.33. The topological polar surface area (TPSA) is 99.4 Å². The second kappa shape index (κ2) is 5.85. The molecule has 0 radical (unpaired) electrons. The molecular formula is C16H26O6. The minimum Gasteiger partial charge on any atom is -0.394 e. The van der Waals surface area contributed by atoms with Crippen LogP contribution in [-0.2, 0) is 9.47 Å². The van der Waals surface area contributed by atoms with Crippen LogP contribution in [-0.4, -0.2) is 64.3 Å². The fourth-order valence-corrected chi connectivity index (χ4v) is 4.02. The monoisotopic (exact) mass is 314 g/mol. The highest BCUT2D eigenvalue weighted by Crippen LogP contribution is 2.59. The molecule has 0 aromatic rings. The summed E-state index contributed by atoms with van der Waals surface area (Å²) >= 11 is 0. The van der Waals surface area contributed by atoms with Gasteiger partial charge in [0.2, 0.25) is 0 Å². The molecule has 7 atom stereocenters. The van der Waals surface area contributed by atoms with Gasteiger partial charge in [0.05, 0.1) is 13.2 Å². The Bertz CT molecular complexity index is 446. The molecule has 4 aliphatic rings. The molecular weight excluding hydrogens is 288 g/mol. The molecule has 22 heavy (non-hydrogen) atoms. The summed E-state index contributed by atoms with van der Waals surface area (Å²) in [6, 6.07) is 0. The molecule has 2 fully saturated rings. The lowest BCUT2D eigenvalue weighted by atomic mass is 9.49. The van der Waals surface area contributed by atoms with Gasteiger partial charge in [-0.1, -0.05) is 19.9 Å². The Kier molecular flexibility index (Phi) is 4.35. The molecule has 6 nitrogen and oxygen atoms in total. The minimum atomic E-state index is -1.39. The normalized spacial score (nSPS) is 46.8. The summed E-state index contributed by atoms with van der Waals surface area (Å²) < 4.78 is 11.0. The molecule has 1 saturated heterocycles. The SMILES string of the molecule is CC1(C)[C@@H]2CC=C(CO[C@@H]3O[C@H](CO)[C@@H](O)[C@H](O)[C@H]3O)[C@H]1C2. The van der Waals surface area contributed by atoms with Gasteiger partial charge in [0, 0.05) is 0 Å². The summed E-state index contributed by atoms with van der Waals surface area (Å²) in [5, 5.41) is 38.7. The van der Waals surface area contributed by atoms with Crippen LogP contribution in [0.5, 0.6) is 0 Å². The second-order valence-corrected chi connectivity index (χ2v) is 7.33. The standard InChI is InChI=1S/C16H26O6/c1-16(2)9-4-3-8(10(16)5-9)7-21-15-14(20)13(19)12(18)11(6-17)22-15/h3,9-15,17-20H,4-7H2,1-2H3/t9-,10-,11-,12-,13+,14-,15-/m1/s1. The van der Waals surface area contributed by atoms with Crippen LogP contribution < -0.4 is 0 Å². The average molecular weight is 314 g/mol. The largest absolute Gasteiger partial charge is 0.394 e. The van der Waals surface area contributed by atoms with Crippen LogP contribution in [0, 0.1) is 17.3 Å². The first kappa shape index (κ1) is 16.4. The van der Waals surface area contributed by atoms with Gasteiger partial charge < -0.3 is 29.9 Å². The zero-order valence-corrected chi connectivity index (χ0v) is 13.1. The van der Waals surface area contributed by atoms with Gasteiger partial charge in [0.1, 0.15) is 24.4 Å². The highest BCUT2D eigenvalue weighted by Gasteiger charge is 2.51. The molecule has 1 aliphatic heterocycles. The van der Waals surface area contributed by atoms with Crippen LogP contribution in [0.15, 0.2) is 11.6 Å². The highest BCUT2D eigenvalue weighted by molar-refractivity contribution is 5.23. The summed E-state index contributed by atoms with van der Waals surface area (Å²) in [7, 11) is 0. The first-order chi connectivity index (χ1) is 10.4. The van der Waals surface area contributed by atoms with Gasteiger partial charge in [-0.15, -0.1) is 0 Å². The molecule has 1 saturated carbocycles. The number of aliphatic hydroxyl groups excluding tert-OH is 4. The Balaban J connectivity index is 1.60. The number of fused-ring (bicyclic) bond motifs is 1. The quantitative estimate of drug-likeness (QED) is 0.536. The van der Waals surface area contributed by atoms with Crippen molar-refractivity contribution in [3.8, 4) is 0 Å². The predicted octanol–water partition coefficient (Wildman–Crippen LogP) is -0.205.